The summed E-state index contributed by atoms with van der Waals surface area (Å²) in [6.45, 7) is 3.15. The minimum absolute atomic E-state index is 0.0115. The Balaban J connectivity index is 1.35. The zero-order chi connectivity index (χ0) is 19.1. The Morgan fingerprint density at radius 1 is 0.926 bits per heavy atom. The van der Waals surface area contributed by atoms with Gasteiger partial charge in [0.15, 0.2) is 0 Å². The number of hydrogen-bond donors (Lipinski definition) is 2. The van der Waals surface area contributed by atoms with Crippen LogP contribution in [0.25, 0.3) is 0 Å². The van der Waals surface area contributed by atoms with Gasteiger partial charge in [-0.15, -0.1) is 0 Å². The molecule has 0 atom stereocenters. The van der Waals surface area contributed by atoms with Crippen LogP contribution < -0.4 is 10.6 Å². The van der Waals surface area contributed by atoms with Crippen molar-refractivity contribution in [2.75, 3.05) is 38.0 Å². The first kappa shape index (κ1) is 19.2. The summed E-state index contributed by atoms with van der Waals surface area (Å²) in [6, 6.07) is 9.26. The number of benzene rings is 1. The SMILES string of the molecule is O=C(Nc1ccccc1)C1CCN(C(=O)NCCC(=O)N2CCCC2)CC1. The van der Waals surface area contributed by atoms with Crippen LogP contribution in [0.5, 0.6) is 0 Å². The maximum absolute atomic E-state index is 12.3. The molecule has 2 aliphatic rings. The summed E-state index contributed by atoms with van der Waals surface area (Å²) in [4.78, 5) is 40.2. The van der Waals surface area contributed by atoms with E-state index >= 15 is 0 Å². The molecule has 2 aliphatic heterocycles. The van der Waals surface area contributed by atoms with Gasteiger partial charge in [-0.25, -0.2) is 4.79 Å². The van der Waals surface area contributed by atoms with Crippen molar-refractivity contribution >= 4 is 23.5 Å². The highest BCUT2D eigenvalue weighted by molar-refractivity contribution is 5.92. The number of piperidine rings is 1. The van der Waals surface area contributed by atoms with Crippen LogP contribution >= 0.6 is 0 Å². The van der Waals surface area contributed by atoms with Crippen LogP contribution in [0.1, 0.15) is 32.1 Å². The van der Waals surface area contributed by atoms with Crippen molar-refractivity contribution < 1.29 is 14.4 Å². The van der Waals surface area contributed by atoms with Crippen LogP contribution in [-0.4, -0.2) is 60.4 Å². The molecule has 0 saturated carbocycles. The number of rotatable bonds is 5. The summed E-state index contributed by atoms with van der Waals surface area (Å²) >= 11 is 0. The van der Waals surface area contributed by atoms with Gasteiger partial charge in [0.1, 0.15) is 0 Å². The molecule has 0 unspecified atom stereocenters. The van der Waals surface area contributed by atoms with Crippen molar-refractivity contribution in [2.45, 2.75) is 32.1 Å². The molecule has 7 heteroatoms. The molecule has 1 aromatic rings. The van der Waals surface area contributed by atoms with Crippen LogP contribution in [0.4, 0.5) is 10.5 Å². The molecule has 7 nitrogen and oxygen atoms in total. The summed E-state index contributed by atoms with van der Waals surface area (Å²) in [7, 11) is 0. The summed E-state index contributed by atoms with van der Waals surface area (Å²) in [5.74, 6) is 0.0487. The molecule has 4 amide bonds. The average molecular weight is 372 g/mol. The number of urea groups is 1. The lowest BCUT2D eigenvalue weighted by molar-refractivity contribution is -0.130. The largest absolute Gasteiger partial charge is 0.343 e. The molecule has 0 radical (unpaired) electrons. The van der Waals surface area contributed by atoms with Gasteiger partial charge >= 0.3 is 6.03 Å². The minimum Gasteiger partial charge on any atom is -0.343 e. The molecule has 0 spiro atoms. The van der Waals surface area contributed by atoms with Crippen molar-refractivity contribution in [3.05, 3.63) is 30.3 Å². The van der Waals surface area contributed by atoms with Crippen molar-refractivity contribution in [3.8, 4) is 0 Å². The number of para-hydroxylation sites is 1. The number of hydrogen-bond acceptors (Lipinski definition) is 3. The third-order valence-corrected chi connectivity index (χ3v) is 5.27. The maximum Gasteiger partial charge on any atom is 0.317 e. The third-order valence-electron chi connectivity index (χ3n) is 5.27. The molecule has 2 fully saturated rings. The monoisotopic (exact) mass is 372 g/mol. The average Bonchev–Trinajstić information content (AvgIpc) is 3.23. The third kappa shape index (κ3) is 5.45. The summed E-state index contributed by atoms with van der Waals surface area (Å²) in [5.41, 5.74) is 0.797. The molecular weight excluding hydrogens is 344 g/mol. The van der Waals surface area contributed by atoms with Gasteiger partial charge in [0.05, 0.1) is 0 Å². The molecular formula is C20H28N4O3. The molecule has 3 rings (SSSR count). The van der Waals surface area contributed by atoms with Crippen LogP contribution in [0.2, 0.25) is 0 Å². The predicted molar refractivity (Wildman–Crippen MR) is 103 cm³/mol. The Morgan fingerprint density at radius 2 is 1.59 bits per heavy atom. The van der Waals surface area contributed by atoms with Crippen molar-refractivity contribution in [3.63, 3.8) is 0 Å². The zero-order valence-corrected chi connectivity index (χ0v) is 15.7. The standard InChI is InChI=1S/C20H28N4O3/c25-18(23-12-4-5-13-23)8-11-21-20(27)24-14-9-16(10-15-24)19(26)22-17-6-2-1-3-7-17/h1-3,6-7,16H,4-5,8-15H2,(H,21,27)(H,22,26). The molecule has 27 heavy (non-hydrogen) atoms. The normalized spacial score (nSPS) is 17.6. The Labute approximate surface area is 160 Å². The highest BCUT2D eigenvalue weighted by Crippen LogP contribution is 2.19. The first-order valence-corrected chi connectivity index (χ1v) is 9.80. The van der Waals surface area contributed by atoms with Crippen molar-refractivity contribution in [1.29, 1.82) is 0 Å². The van der Waals surface area contributed by atoms with Gasteiger partial charge in [-0.1, -0.05) is 18.2 Å². The first-order chi connectivity index (χ1) is 13.1. The Kier molecular flexibility index (Phi) is 6.68. The Hall–Kier alpha value is -2.57. The Morgan fingerprint density at radius 3 is 2.26 bits per heavy atom. The minimum atomic E-state index is -0.147. The van der Waals surface area contributed by atoms with Gasteiger partial charge in [0.25, 0.3) is 0 Å². The van der Waals surface area contributed by atoms with Gasteiger partial charge in [-0.2, -0.15) is 0 Å². The second kappa shape index (κ2) is 9.39. The summed E-state index contributed by atoms with van der Waals surface area (Å²) in [5, 5.41) is 5.76. The van der Waals surface area contributed by atoms with E-state index in [1.165, 1.54) is 0 Å². The fourth-order valence-corrected chi connectivity index (χ4v) is 3.62. The molecule has 1 aromatic carbocycles. The van der Waals surface area contributed by atoms with E-state index in [-0.39, 0.29) is 23.8 Å². The quantitative estimate of drug-likeness (QED) is 0.830. The van der Waals surface area contributed by atoms with Crippen LogP contribution in [0, 0.1) is 5.92 Å². The molecule has 2 saturated heterocycles. The van der Waals surface area contributed by atoms with Gasteiger partial charge in [0, 0.05) is 50.7 Å². The van der Waals surface area contributed by atoms with Crippen LogP contribution in [-0.2, 0) is 9.59 Å². The number of nitrogens with one attached hydrogen (secondary N) is 2. The van der Waals surface area contributed by atoms with E-state index in [1.54, 1.807) is 4.90 Å². The Bertz CT molecular complexity index is 650. The van der Waals surface area contributed by atoms with Crippen molar-refractivity contribution in [2.24, 2.45) is 5.92 Å². The second-order valence-corrected chi connectivity index (χ2v) is 7.19. The second-order valence-electron chi connectivity index (χ2n) is 7.19. The molecule has 0 aliphatic carbocycles. The van der Waals surface area contributed by atoms with E-state index in [1.807, 2.05) is 35.2 Å². The topological polar surface area (TPSA) is 81.8 Å². The predicted octanol–water partition coefficient (Wildman–Crippen LogP) is 2.06. The van der Waals surface area contributed by atoms with E-state index in [0.717, 1.165) is 31.6 Å². The maximum atomic E-state index is 12.3. The van der Waals surface area contributed by atoms with Gasteiger partial charge in [-0.3, -0.25) is 9.59 Å². The highest BCUT2D eigenvalue weighted by Gasteiger charge is 2.27. The first-order valence-electron chi connectivity index (χ1n) is 9.80. The van der Waals surface area contributed by atoms with E-state index in [0.29, 0.717) is 38.9 Å². The van der Waals surface area contributed by atoms with E-state index in [4.69, 9.17) is 0 Å². The number of amides is 4. The van der Waals surface area contributed by atoms with E-state index < -0.39 is 0 Å². The molecule has 2 heterocycles. The smallest absolute Gasteiger partial charge is 0.317 e. The number of nitrogens with zero attached hydrogens (tertiary/aromatic N) is 2. The van der Waals surface area contributed by atoms with E-state index in [9.17, 15) is 14.4 Å². The molecule has 0 aromatic heterocycles. The van der Waals surface area contributed by atoms with E-state index in [2.05, 4.69) is 10.6 Å². The van der Waals surface area contributed by atoms with Gasteiger partial charge < -0.3 is 20.4 Å². The summed E-state index contributed by atoms with van der Waals surface area (Å²) in [6.07, 6.45) is 3.80. The molecule has 0 bridgehead atoms. The number of carbonyl (C=O) groups excluding carboxylic acids is 3. The molecule has 146 valence electrons. The molecule has 2 N–H and O–H groups in total. The lowest BCUT2D eigenvalue weighted by Crippen LogP contribution is -2.46. The fourth-order valence-electron chi connectivity index (χ4n) is 3.62. The number of anilines is 1. The highest BCUT2D eigenvalue weighted by atomic mass is 16.2. The van der Waals surface area contributed by atoms with Gasteiger partial charge in [-0.05, 0) is 37.8 Å². The van der Waals surface area contributed by atoms with Crippen LogP contribution in [0.3, 0.4) is 0 Å². The number of carbonyl (C=O) groups is 3. The lowest BCUT2D eigenvalue weighted by atomic mass is 9.96. The summed E-state index contributed by atoms with van der Waals surface area (Å²) < 4.78 is 0. The van der Waals surface area contributed by atoms with Crippen molar-refractivity contribution in [1.82, 2.24) is 15.1 Å². The van der Waals surface area contributed by atoms with Crippen LogP contribution in [0.15, 0.2) is 30.3 Å². The fraction of sp³-hybridized carbons (Fsp3) is 0.550. The zero-order valence-electron chi connectivity index (χ0n) is 15.7. The number of likely N-dealkylation sites (tertiary alicyclic amines) is 2. The lowest BCUT2D eigenvalue weighted by Gasteiger charge is -2.31. The van der Waals surface area contributed by atoms with Gasteiger partial charge in [0.2, 0.25) is 11.8 Å².